The molecule has 0 aromatic heterocycles. The summed E-state index contributed by atoms with van der Waals surface area (Å²) in [6, 6.07) is 10.9. The van der Waals surface area contributed by atoms with Crippen molar-refractivity contribution < 1.29 is 4.39 Å². The molecule has 1 aliphatic heterocycles. The van der Waals surface area contributed by atoms with E-state index in [0.717, 1.165) is 49.1 Å². The van der Waals surface area contributed by atoms with E-state index in [1.165, 1.54) is 23.3 Å². The molecular formula is C20H23ClFN3S. The van der Waals surface area contributed by atoms with Crippen LogP contribution in [0.5, 0.6) is 0 Å². The molecule has 0 saturated carbocycles. The average Bonchev–Trinajstić information content (AvgIpc) is 2.57. The Morgan fingerprint density at radius 3 is 2.35 bits per heavy atom. The second-order valence-electron chi connectivity index (χ2n) is 6.81. The third kappa shape index (κ3) is 4.93. The van der Waals surface area contributed by atoms with E-state index in [1.54, 1.807) is 6.07 Å². The predicted octanol–water partition coefficient (Wildman–Crippen LogP) is 4.61. The van der Waals surface area contributed by atoms with E-state index in [-0.39, 0.29) is 5.82 Å². The normalized spacial score (nSPS) is 15.2. The van der Waals surface area contributed by atoms with E-state index in [4.69, 9.17) is 23.8 Å². The van der Waals surface area contributed by atoms with Crippen LogP contribution < -0.4 is 5.32 Å². The quantitative estimate of drug-likeness (QED) is 0.770. The maximum Gasteiger partial charge on any atom is 0.173 e. The van der Waals surface area contributed by atoms with Crippen molar-refractivity contribution in [3.8, 4) is 0 Å². The van der Waals surface area contributed by atoms with Crippen molar-refractivity contribution in [2.24, 2.45) is 0 Å². The monoisotopic (exact) mass is 391 g/mol. The van der Waals surface area contributed by atoms with E-state index >= 15 is 0 Å². The molecule has 1 saturated heterocycles. The largest absolute Gasteiger partial charge is 0.346 e. The van der Waals surface area contributed by atoms with Crippen LogP contribution in [0.3, 0.4) is 0 Å². The third-order valence-electron chi connectivity index (χ3n) is 4.54. The Kier molecular flexibility index (Phi) is 6.12. The van der Waals surface area contributed by atoms with Crippen LogP contribution in [0.1, 0.15) is 16.7 Å². The molecule has 138 valence electrons. The summed E-state index contributed by atoms with van der Waals surface area (Å²) in [5, 5.41) is 4.59. The van der Waals surface area contributed by atoms with E-state index < -0.39 is 0 Å². The van der Waals surface area contributed by atoms with Gasteiger partial charge in [0, 0.05) is 43.4 Å². The number of nitrogens with one attached hydrogen (secondary N) is 1. The lowest BCUT2D eigenvalue weighted by atomic mass is 10.1. The molecular weight excluding hydrogens is 369 g/mol. The van der Waals surface area contributed by atoms with Gasteiger partial charge in [-0.25, -0.2) is 4.39 Å². The number of rotatable bonds is 3. The van der Waals surface area contributed by atoms with Gasteiger partial charge in [0.25, 0.3) is 0 Å². The van der Waals surface area contributed by atoms with Gasteiger partial charge in [0.15, 0.2) is 5.11 Å². The molecule has 2 aromatic rings. The fraction of sp³-hybridized carbons (Fsp3) is 0.350. The number of thiocarbonyl (C=S) groups is 1. The number of piperazine rings is 1. The zero-order chi connectivity index (χ0) is 18.7. The zero-order valence-corrected chi connectivity index (χ0v) is 16.6. The second kappa shape index (κ2) is 8.33. The van der Waals surface area contributed by atoms with Crippen LogP contribution >= 0.6 is 23.8 Å². The minimum atomic E-state index is -0.300. The summed E-state index contributed by atoms with van der Waals surface area (Å²) in [7, 11) is 0. The van der Waals surface area contributed by atoms with Crippen LogP contribution in [0, 0.1) is 19.7 Å². The maximum atomic E-state index is 13.2. The van der Waals surface area contributed by atoms with Crippen LogP contribution in [0.15, 0.2) is 36.4 Å². The number of hydrogen-bond donors (Lipinski definition) is 1. The van der Waals surface area contributed by atoms with E-state index in [1.807, 2.05) is 0 Å². The molecule has 1 fully saturated rings. The second-order valence-corrected chi connectivity index (χ2v) is 7.60. The average molecular weight is 392 g/mol. The Morgan fingerprint density at radius 1 is 1.08 bits per heavy atom. The molecule has 3 rings (SSSR count). The van der Waals surface area contributed by atoms with Crippen LogP contribution in [0.25, 0.3) is 0 Å². The van der Waals surface area contributed by atoms with Gasteiger partial charge in [-0.2, -0.15) is 0 Å². The van der Waals surface area contributed by atoms with Crippen LogP contribution in [-0.2, 0) is 6.54 Å². The Labute approximate surface area is 164 Å². The van der Waals surface area contributed by atoms with E-state index in [0.29, 0.717) is 5.02 Å². The summed E-state index contributed by atoms with van der Waals surface area (Å²) in [5.41, 5.74) is 4.43. The number of nitrogens with zero attached hydrogens (tertiary/aromatic N) is 2. The zero-order valence-electron chi connectivity index (χ0n) is 15.1. The Morgan fingerprint density at radius 2 is 1.73 bits per heavy atom. The summed E-state index contributed by atoms with van der Waals surface area (Å²) in [4.78, 5) is 4.50. The van der Waals surface area contributed by atoms with Gasteiger partial charge in [-0.05, 0) is 67.0 Å². The Bertz CT molecular complexity index is 783. The molecule has 0 atom stereocenters. The molecule has 0 unspecified atom stereocenters. The molecule has 1 aliphatic rings. The van der Waals surface area contributed by atoms with Crippen molar-refractivity contribution in [3.63, 3.8) is 0 Å². The number of aryl methyl sites for hydroxylation is 2. The van der Waals surface area contributed by atoms with Gasteiger partial charge in [0.1, 0.15) is 5.82 Å². The standard InChI is InChI=1S/C20H23ClFN3S/c1-14-9-15(2)11-18(10-14)23-20(26)25-7-5-24(6-8-25)13-16-3-4-17(22)12-19(16)21/h3-4,9-12H,5-8,13H2,1-2H3,(H,23,26). The molecule has 0 amide bonds. The molecule has 2 aromatic carbocycles. The first-order valence-corrected chi connectivity index (χ1v) is 9.50. The van der Waals surface area contributed by atoms with Crippen molar-refractivity contribution in [3.05, 3.63) is 63.9 Å². The predicted molar refractivity (Wildman–Crippen MR) is 110 cm³/mol. The van der Waals surface area contributed by atoms with Crippen LogP contribution in [-0.4, -0.2) is 41.1 Å². The number of hydrogen-bond acceptors (Lipinski definition) is 2. The van der Waals surface area contributed by atoms with E-state index in [2.05, 4.69) is 47.2 Å². The van der Waals surface area contributed by atoms with E-state index in [9.17, 15) is 4.39 Å². The van der Waals surface area contributed by atoms with Gasteiger partial charge < -0.3 is 10.2 Å². The number of anilines is 1. The first kappa shape index (κ1) is 19.1. The first-order chi connectivity index (χ1) is 12.4. The summed E-state index contributed by atoms with van der Waals surface area (Å²) >= 11 is 11.7. The van der Waals surface area contributed by atoms with Crippen molar-refractivity contribution in [1.82, 2.24) is 9.80 Å². The van der Waals surface area contributed by atoms with Crippen LogP contribution in [0.4, 0.5) is 10.1 Å². The van der Waals surface area contributed by atoms with Gasteiger partial charge in [-0.3, -0.25) is 4.90 Å². The molecule has 0 spiro atoms. The SMILES string of the molecule is Cc1cc(C)cc(NC(=S)N2CCN(Cc3ccc(F)cc3Cl)CC2)c1. The fourth-order valence-corrected chi connectivity index (χ4v) is 3.78. The minimum Gasteiger partial charge on any atom is -0.346 e. The highest BCUT2D eigenvalue weighted by Gasteiger charge is 2.20. The minimum absolute atomic E-state index is 0.300. The van der Waals surface area contributed by atoms with Gasteiger partial charge in [-0.1, -0.05) is 23.7 Å². The Hall–Kier alpha value is -1.69. The maximum absolute atomic E-state index is 13.2. The van der Waals surface area contributed by atoms with Crippen LogP contribution in [0.2, 0.25) is 5.02 Å². The van der Waals surface area contributed by atoms with Crippen molar-refractivity contribution >= 4 is 34.6 Å². The molecule has 26 heavy (non-hydrogen) atoms. The molecule has 1 N–H and O–H groups in total. The summed E-state index contributed by atoms with van der Waals surface area (Å²) in [6.45, 7) is 8.39. The highest BCUT2D eigenvalue weighted by Crippen LogP contribution is 2.20. The van der Waals surface area contributed by atoms with Crippen molar-refractivity contribution in [2.75, 3.05) is 31.5 Å². The summed E-state index contributed by atoms with van der Waals surface area (Å²) < 4.78 is 13.2. The first-order valence-electron chi connectivity index (χ1n) is 8.71. The fourth-order valence-electron chi connectivity index (χ4n) is 3.25. The summed E-state index contributed by atoms with van der Waals surface area (Å²) in [5.74, 6) is -0.300. The Balaban J connectivity index is 1.53. The third-order valence-corrected chi connectivity index (χ3v) is 5.25. The molecule has 1 heterocycles. The lowest BCUT2D eigenvalue weighted by molar-refractivity contribution is 0.177. The smallest absolute Gasteiger partial charge is 0.173 e. The lowest BCUT2D eigenvalue weighted by Crippen LogP contribution is -2.49. The van der Waals surface area contributed by atoms with Crippen molar-refractivity contribution in [1.29, 1.82) is 0 Å². The van der Waals surface area contributed by atoms with Gasteiger partial charge >= 0.3 is 0 Å². The van der Waals surface area contributed by atoms with Gasteiger partial charge in [0.2, 0.25) is 0 Å². The topological polar surface area (TPSA) is 18.5 Å². The molecule has 0 aliphatic carbocycles. The molecule has 0 bridgehead atoms. The lowest BCUT2D eigenvalue weighted by Gasteiger charge is -2.36. The van der Waals surface area contributed by atoms with Gasteiger partial charge in [0.05, 0.1) is 0 Å². The molecule has 0 radical (unpaired) electrons. The molecule has 6 heteroatoms. The van der Waals surface area contributed by atoms with Gasteiger partial charge in [-0.15, -0.1) is 0 Å². The summed E-state index contributed by atoms with van der Waals surface area (Å²) in [6.07, 6.45) is 0. The van der Waals surface area contributed by atoms with Crippen molar-refractivity contribution in [2.45, 2.75) is 20.4 Å². The number of benzene rings is 2. The highest BCUT2D eigenvalue weighted by atomic mass is 35.5. The highest BCUT2D eigenvalue weighted by molar-refractivity contribution is 7.80. The molecule has 3 nitrogen and oxygen atoms in total. The number of halogens is 2.